The number of amides is 2. The second-order valence-electron chi connectivity index (χ2n) is 4.87. The van der Waals surface area contributed by atoms with E-state index in [1.54, 1.807) is 0 Å². The molecule has 18 heavy (non-hydrogen) atoms. The van der Waals surface area contributed by atoms with E-state index in [9.17, 15) is 14.4 Å². The van der Waals surface area contributed by atoms with E-state index in [-0.39, 0.29) is 24.4 Å². The summed E-state index contributed by atoms with van der Waals surface area (Å²) in [6.45, 7) is 5.84. The molecule has 104 valence electrons. The summed E-state index contributed by atoms with van der Waals surface area (Å²) in [5.74, 6) is -1.89. The molecule has 2 amide bonds. The molecule has 0 aliphatic heterocycles. The van der Waals surface area contributed by atoms with E-state index in [0.29, 0.717) is 6.54 Å². The minimum Gasteiger partial charge on any atom is -0.480 e. The molecule has 7 heteroatoms. The van der Waals surface area contributed by atoms with Crippen molar-refractivity contribution in [1.29, 1.82) is 0 Å². The Hall–Kier alpha value is -1.63. The predicted octanol–water partition coefficient (Wildman–Crippen LogP) is -0.918. The summed E-state index contributed by atoms with van der Waals surface area (Å²) in [6, 6.07) is 0. The van der Waals surface area contributed by atoms with Gasteiger partial charge in [-0.1, -0.05) is 0 Å². The molecule has 0 atom stereocenters. The van der Waals surface area contributed by atoms with Gasteiger partial charge in [0.2, 0.25) is 11.8 Å². The maximum absolute atomic E-state index is 11.3. The normalized spacial score (nSPS) is 10.8. The van der Waals surface area contributed by atoms with Gasteiger partial charge >= 0.3 is 5.97 Å². The van der Waals surface area contributed by atoms with Gasteiger partial charge < -0.3 is 21.1 Å². The molecule has 0 spiro atoms. The lowest BCUT2D eigenvalue weighted by atomic mass is 10.1. The third kappa shape index (κ3) is 10.9. The van der Waals surface area contributed by atoms with Crippen molar-refractivity contribution in [3.05, 3.63) is 0 Å². The van der Waals surface area contributed by atoms with Crippen LogP contribution in [-0.2, 0) is 14.4 Å². The molecule has 0 saturated carbocycles. The molecular formula is C11H21N3O4. The Kier molecular flexibility index (Phi) is 6.96. The number of carbonyl (C=O) groups is 3. The van der Waals surface area contributed by atoms with E-state index in [2.05, 4.69) is 16.0 Å². The van der Waals surface area contributed by atoms with Crippen molar-refractivity contribution in [3.63, 3.8) is 0 Å². The second kappa shape index (κ2) is 7.65. The Bertz CT molecular complexity index is 310. The summed E-state index contributed by atoms with van der Waals surface area (Å²) in [5.41, 5.74) is -0.0564. The molecule has 0 radical (unpaired) electrons. The highest BCUT2D eigenvalue weighted by Crippen LogP contribution is 1.97. The van der Waals surface area contributed by atoms with E-state index in [1.165, 1.54) is 0 Å². The molecule has 0 aliphatic rings. The van der Waals surface area contributed by atoms with Gasteiger partial charge in [0.15, 0.2) is 0 Å². The number of carbonyl (C=O) groups excluding carboxylic acids is 2. The van der Waals surface area contributed by atoms with Crippen LogP contribution in [0.15, 0.2) is 0 Å². The van der Waals surface area contributed by atoms with Crippen LogP contribution in [0, 0.1) is 0 Å². The van der Waals surface area contributed by atoms with Crippen molar-refractivity contribution >= 4 is 17.8 Å². The molecule has 0 aromatic heterocycles. The fourth-order valence-corrected chi connectivity index (χ4v) is 1.05. The second-order valence-corrected chi connectivity index (χ2v) is 4.87. The van der Waals surface area contributed by atoms with Gasteiger partial charge in [-0.15, -0.1) is 0 Å². The van der Waals surface area contributed by atoms with Crippen LogP contribution in [0.1, 0.15) is 27.2 Å². The average Bonchev–Trinajstić information content (AvgIpc) is 2.21. The van der Waals surface area contributed by atoms with E-state index in [0.717, 1.165) is 0 Å². The first-order valence-electron chi connectivity index (χ1n) is 5.71. The van der Waals surface area contributed by atoms with Gasteiger partial charge in [0, 0.05) is 18.5 Å². The lowest BCUT2D eigenvalue weighted by molar-refractivity contribution is -0.137. The third-order valence-corrected chi connectivity index (χ3v) is 1.89. The maximum atomic E-state index is 11.3. The Morgan fingerprint density at radius 2 is 1.56 bits per heavy atom. The van der Waals surface area contributed by atoms with Crippen LogP contribution >= 0.6 is 0 Å². The van der Waals surface area contributed by atoms with Crippen molar-refractivity contribution in [2.24, 2.45) is 0 Å². The SMILES string of the molecule is CC(C)(C)NCCC(=O)NCC(=O)NCC(=O)O. The van der Waals surface area contributed by atoms with Gasteiger partial charge in [-0.25, -0.2) is 0 Å². The van der Waals surface area contributed by atoms with Gasteiger partial charge in [0.05, 0.1) is 6.54 Å². The monoisotopic (exact) mass is 259 g/mol. The van der Waals surface area contributed by atoms with E-state index >= 15 is 0 Å². The summed E-state index contributed by atoms with van der Waals surface area (Å²) >= 11 is 0. The minimum atomic E-state index is -1.12. The molecule has 0 bridgehead atoms. The zero-order valence-electron chi connectivity index (χ0n) is 11.0. The third-order valence-electron chi connectivity index (χ3n) is 1.89. The van der Waals surface area contributed by atoms with Gasteiger partial charge in [-0.05, 0) is 20.8 Å². The van der Waals surface area contributed by atoms with Gasteiger partial charge in [-0.2, -0.15) is 0 Å². The number of aliphatic carboxylic acids is 1. The molecule has 0 rings (SSSR count). The molecule has 4 N–H and O–H groups in total. The Morgan fingerprint density at radius 1 is 1.00 bits per heavy atom. The zero-order chi connectivity index (χ0) is 14.2. The number of carboxylic acid groups (broad SMARTS) is 1. The zero-order valence-corrected chi connectivity index (χ0v) is 11.0. The van der Waals surface area contributed by atoms with Crippen molar-refractivity contribution in [1.82, 2.24) is 16.0 Å². The Morgan fingerprint density at radius 3 is 2.06 bits per heavy atom. The summed E-state index contributed by atoms with van der Waals surface area (Å²) in [6.07, 6.45) is 0.267. The number of hydrogen-bond donors (Lipinski definition) is 4. The van der Waals surface area contributed by atoms with Crippen molar-refractivity contribution in [2.45, 2.75) is 32.7 Å². The van der Waals surface area contributed by atoms with Crippen molar-refractivity contribution < 1.29 is 19.5 Å². The predicted molar refractivity (Wildman–Crippen MR) is 66.0 cm³/mol. The largest absolute Gasteiger partial charge is 0.480 e. The molecule has 0 aliphatic carbocycles. The van der Waals surface area contributed by atoms with Gasteiger partial charge in [0.25, 0.3) is 0 Å². The lowest BCUT2D eigenvalue weighted by Crippen LogP contribution is -2.41. The molecule has 0 aromatic rings. The van der Waals surface area contributed by atoms with Crippen LogP contribution in [0.5, 0.6) is 0 Å². The van der Waals surface area contributed by atoms with Crippen molar-refractivity contribution in [2.75, 3.05) is 19.6 Å². The standard InChI is InChI=1S/C11H21N3O4/c1-11(2,3)14-5-4-8(15)12-6-9(16)13-7-10(17)18/h14H,4-7H2,1-3H3,(H,12,15)(H,13,16)(H,17,18). The number of nitrogens with one attached hydrogen (secondary N) is 3. The quantitative estimate of drug-likeness (QED) is 0.473. The highest BCUT2D eigenvalue weighted by molar-refractivity contribution is 5.86. The first kappa shape index (κ1) is 16.4. The fraction of sp³-hybridized carbons (Fsp3) is 0.727. The molecular weight excluding hydrogens is 238 g/mol. The number of rotatable bonds is 7. The molecule has 0 heterocycles. The van der Waals surface area contributed by atoms with E-state index in [1.807, 2.05) is 20.8 Å². The van der Waals surface area contributed by atoms with E-state index in [4.69, 9.17) is 5.11 Å². The minimum absolute atomic E-state index is 0.0564. The maximum Gasteiger partial charge on any atom is 0.322 e. The Balaban J connectivity index is 3.64. The van der Waals surface area contributed by atoms with Crippen molar-refractivity contribution in [3.8, 4) is 0 Å². The topological polar surface area (TPSA) is 108 Å². The fourth-order valence-electron chi connectivity index (χ4n) is 1.05. The Labute approximate surface area is 106 Å². The van der Waals surface area contributed by atoms with Crippen LogP contribution in [-0.4, -0.2) is 48.1 Å². The molecule has 0 unspecified atom stereocenters. The lowest BCUT2D eigenvalue weighted by Gasteiger charge is -2.20. The number of hydrogen-bond acceptors (Lipinski definition) is 4. The van der Waals surface area contributed by atoms with Crippen LogP contribution in [0.4, 0.5) is 0 Å². The molecule has 0 fully saturated rings. The van der Waals surface area contributed by atoms with Gasteiger partial charge in [-0.3, -0.25) is 14.4 Å². The number of carboxylic acids is 1. The summed E-state index contributed by atoms with van der Waals surface area (Å²) < 4.78 is 0. The average molecular weight is 259 g/mol. The molecule has 0 saturated heterocycles. The first-order chi connectivity index (χ1) is 8.20. The first-order valence-corrected chi connectivity index (χ1v) is 5.71. The van der Waals surface area contributed by atoms with Crippen LogP contribution in [0.2, 0.25) is 0 Å². The van der Waals surface area contributed by atoms with Crippen LogP contribution < -0.4 is 16.0 Å². The molecule has 0 aromatic carbocycles. The van der Waals surface area contributed by atoms with Crippen LogP contribution in [0.25, 0.3) is 0 Å². The smallest absolute Gasteiger partial charge is 0.322 e. The highest BCUT2D eigenvalue weighted by atomic mass is 16.4. The summed E-state index contributed by atoms with van der Waals surface area (Å²) in [5, 5.41) is 16.0. The summed E-state index contributed by atoms with van der Waals surface area (Å²) in [4.78, 5) is 32.6. The van der Waals surface area contributed by atoms with Gasteiger partial charge in [0.1, 0.15) is 6.54 Å². The van der Waals surface area contributed by atoms with Crippen LogP contribution in [0.3, 0.4) is 0 Å². The molecule has 7 nitrogen and oxygen atoms in total. The summed E-state index contributed by atoms with van der Waals surface area (Å²) in [7, 11) is 0. The highest BCUT2D eigenvalue weighted by Gasteiger charge is 2.10. The van der Waals surface area contributed by atoms with E-state index < -0.39 is 18.4 Å².